The van der Waals surface area contributed by atoms with E-state index in [9.17, 15) is 29.1 Å². The number of pyridine rings is 2. The highest BCUT2D eigenvalue weighted by Gasteiger charge is 2.27. The smallest absolute Gasteiger partial charge is 0.305 e. The molecular weight excluding hydrogens is 463 g/mol. The van der Waals surface area contributed by atoms with Gasteiger partial charge in [0.1, 0.15) is 11.9 Å². The van der Waals surface area contributed by atoms with Gasteiger partial charge in [-0.1, -0.05) is 19.9 Å². The number of aliphatic carboxylic acids is 1. The Balaban J connectivity index is 2.00. The van der Waals surface area contributed by atoms with Gasteiger partial charge >= 0.3 is 5.97 Å². The second-order valence-corrected chi connectivity index (χ2v) is 9.04. The van der Waals surface area contributed by atoms with Crippen molar-refractivity contribution in [1.82, 2.24) is 14.9 Å². The van der Waals surface area contributed by atoms with E-state index in [4.69, 9.17) is 0 Å². The maximum Gasteiger partial charge on any atom is 0.305 e. The summed E-state index contributed by atoms with van der Waals surface area (Å²) in [5.41, 5.74) is 1.17. The normalized spacial score (nSPS) is 12.6. The zero-order valence-corrected chi connectivity index (χ0v) is 20.2. The molecule has 0 fully saturated rings. The summed E-state index contributed by atoms with van der Waals surface area (Å²) in [7, 11) is 0. The summed E-state index contributed by atoms with van der Waals surface area (Å²) in [4.78, 5) is 41.8. The van der Waals surface area contributed by atoms with Gasteiger partial charge in [0.05, 0.1) is 24.1 Å². The predicted octanol–water partition coefficient (Wildman–Crippen LogP) is 4.15. The number of rotatable bonds is 9. The number of hydrogen-bond acceptors (Lipinski definition) is 5. The van der Waals surface area contributed by atoms with Crippen LogP contribution in [0.5, 0.6) is 0 Å². The highest BCUT2D eigenvalue weighted by Crippen LogP contribution is 2.29. The molecular formula is C27H27FN4O4. The van der Waals surface area contributed by atoms with Gasteiger partial charge in [0, 0.05) is 35.8 Å². The van der Waals surface area contributed by atoms with Crippen LogP contribution in [-0.2, 0) is 9.59 Å². The number of carbonyl (C=O) groups excluding carboxylic acids is 1. The number of carboxylic acid groups (broad SMARTS) is 1. The summed E-state index contributed by atoms with van der Waals surface area (Å²) in [5.74, 6) is -2.23. The first-order valence-electron chi connectivity index (χ1n) is 11.5. The van der Waals surface area contributed by atoms with Crippen molar-refractivity contribution in [2.24, 2.45) is 5.92 Å². The van der Waals surface area contributed by atoms with Crippen molar-refractivity contribution in [2.75, 3.05) is 0 Å². The fourth-order valence-electron chi connectivity index (χ4n) is 4.03. The number of nitriles is 1. The number of amides is 1. The van der Waals surface area contributed by atoms with Crippen LogP contribution in [0.4, 0.5) is 4.39 Å². The summed E-state index contributed by atoms with van der Waals surface area (Å²) >= 11 is 0. The molecule has 0 aliphatic carbocycles. The average molecular weight is 491 g/mol. The number of nitrogens with zero attached hydrogens (tertiary/aromatic N) is 3. The molecule has 2 heterocycles. The van der Waals surface area contributed by atoms with Crippen molar-refractivity contribution in [2.45, 2.75) is 45.7 Å². The lowest BCUT2D eigenvalue weighted by atomic mass is 9.96. The molecule has 0 spiro atoms. The van der Waals surface area contributed by atoms with Gasteiger partial charge in [0.15, 0.2) is 0 Å². The van der Waals surface area contributed by atoms with E-state index in [1.807, 2.05) is 19.9 Å². The molecule has 2 aromatic heterocycles. The fraction of sp³-hybridized carbons (Fsp3) is 0.296. The number of halogens is 1. The van der Waals surface area contributed by atoms with Crippen LogP contribution in [0.3, 0.4) is 0 Å². The number of aryl methyl sites for hydroxylation is 1. The third-order valence-corrected chi connectivity index (χ3v) is 5.72. The monoisotopic (exact) mass is 490 g/mol. The average Bonchev–Trinajstić information content (AvgIpc) is 2.82. The van der Waals surface area contributed by atoms with Gasteiger partial charge in [-0.15, -0.1) is 0 Å². The van der Waals surface area contributed by atoms with Crippen molar-refractivity contribution in [3.05, 3.63) is 87.9 Å². The zero-order chi connectivity index (χ0) is 26.4. The number of nitrogens with one attached hydrogen (secondary N) is 1. The molecule has 0 radical (unpaired) electrons. The van der Waals surface area contributed by atoms with E-state index in [0.717, 1.165) is 5.56 Å². The highest BCUT2D eigenvalue weighted by atomic mass is 19.1. The number of carbonyl (C=O) groups is 2. The molecule has 1 aromatic carbocycles. The summed E-state index contributed by atoms with van der Waals surface area (Å²) < 4.78 is 15.9. The van der Waals surface area contributed by atoms with Gasteiger partial charge in [-0.2, -0.15) is 5.26 Å². The van der Waals surface area contributed by atoms with E-state index in [-0.39, 0.29) is 28.2 Å². The van der Waals surface area contributed by atoms with Crippen molar-refractivity contribution >= 4 is 11.9 Å². The Kier molecular flexibility index (Phi) is 8.33. The maximum atomic E-state index is 14.6. The second-order valence-electron chi connectivity index (χ2n) is 9.04. The quantitative estimate of drug-likeness (QED) is 0.464. The minimum absolute atomic E-state index is 0.0404. The molecule has 0 saturated heterocycles. The third-order valence-electron chi connectivity index (χ3n) is 5.72. The van der Waals surface area contributed by atoms with E-state index < -0.39 is 36.2 Å². The maximum absolute atomic E-state index is 14.6. The Labute approximate surface area is 208 Å². The molecule has 3 aromatic rings. The lowest BCUT2D eigenvalue weighted by molar-refractivity contribution is -0.138. The van der Waals surface area contributed by atoms with Crippen LogP contribution in [0.2, 0.25) is 0 Å². The van der Waals surface area contributed by atoms with E-state index in [1.165, 1.54) is 47.3 Å². The van der Waals surface area contributed by atoms with Crippen LogP contribution in [0.15, 0.2) is 59.8 Å². The first-order chi connectivity index (χ1) is 17.1. The molecule has 0 bridgehead atoms. The van der Waals surface area contributed by atoms with Crippen LogP contribution in [0, 0.1) is 30.0 Å². The molecule has 186 valence electrons. The predicted molar refractivity (Wildman–Crippen MR) is 131 cm³/mol. The van der Waals surface area contributed by atoms with E-state index in [2.05, 4.69) is 10.3 Å². The van der Waals surface area contributed by atoms with Crippen molar-refractivity contribution < 1.29 is 19.1 Å². The third kappa shape index (κ3) is 6.21. The fourth-order valence-corrected chi connectivity index (χ4v) is 4.03. The lowest BCUT2D eigenvalue weighted by Crippen LogP contribution is -2.40. The topological polar surface area (TPSA) is 125 Å². The van der Waals surface area contributed by atoms with Crippen molar-refractivity contribution in [1.29, 1.82) is 5.26 Å². The van der Waals surface area contributed by atoms with E-state index in [0.29, 0.717) is 12.0 Å². The molecule has 8 nitrogen and oxygen atoms in total. The van der Waals surface area contributed by atoms with Gasteiger partial charge in [-0.25, -0.2) is 4.39 Å². The van der Waals surface area contributed by atoms with Crippen molar-refractivity contribution in [3.63, 3.8) is 0 Å². The summed E-state index contributed by atoms with van der Waals surface area (Å²) in [5, 5.41) is 21.7. The Hall–Kier alpha value is -4.32. The van der Waals surface area contributed by atoms with Gasteiger partial charge in [-0.05, 0) is 54.7 Å². The Morgan fingerprint density at radius 2 is 1.97 bits per heavy atom. The molecule has 0 aliphatic rings. The van der Waals surface area contributed by atoms with Gasteiger partial charge in [0.25, 0.3) is 5.56 Å². The van der Waals surface area contributed by atoms with Crippen LogP contribution in [-0.4, -0.2) is 26.5 Å². The molecule has 9 heteroatoms. The molecule has 2 N–H and O–H groups in total. The minimum atomic E-state index is -1.16. The summed E-state index contributed by atoms with van der Waals surface area (Å²) in [6.45, 7) is 5.62. The first kappa shape index (κ1) is 26.3. The molecule has 0 saturated carbocycles. The first-order valence-corrected chi connectivity index (χ1v) is 11.5. The summed E-state index contributed by atoms with van der Waals surface area (Å²) in [6.07, 6.45) is 4.21. The van der Waals surface area contributed by atoms with Crippen LogP contribution < -0.4 is 10.9 Å². The Bertz CT molecular complexity index is 1380. The molecule has 3 rings (SSSR count). The SMILES string of the molecule is Cc1ccn(C(CC(C)C)C(=O)N[C@@H](CC(=O)O)c2cncc(-c3c(F)cccc3C#N)c2)c(=O)c1. The molecule has 1 amide bonds. The van der Waals surface area contributed by atoms with Crippen LogP contribution >= 0.6 is 0 Å². The Morgan fingerprint density at radius 3 is 2.61 bits per heavy atom. The number of hydrogen-bond donors (Lipinski definition) is 2. The molecule has 2 atom stereocenters. The number of carboxylic acids is 1. The van der Waals surface area contributed by atoms with E-state index >= 15 is 0 Å². The standard InChI is InChI=1S/C27H27FN4O4/c1-16(2)9-23(32-8-7-17(3)10-24(32)33)27(36)31-22(12-25(34)35)19-11-20(15-30-14-19)26-18(13-29)5-4-6-21(26)28/h4-8,10-11,14-16,22-23H,9,12H2,1-3H3,(H,31,36)(H,34,35)/t22-,23?/m0/s1. The zero-order valence-electron chi connectivity index (χ0n) is 20.2. The number of benzene rings is 1. The van der Waals surface area contributed by atoms with Gasteiger partial charge in [-0.3, -0.25) is 19.4 Å². The molecule has 0 aliphatic heterocycles. The Morgan fingerprint density at radius 1 is 1.22 bits per heavy atom. The van der Waals surface area contributed by atoms with Crippen molar-refractivity contribution in [3.8, 4) is 17.2 Å². The van der Waals surface area contributed by atoms with Crippen LogP contribution in [0.25, 0.3) is 11.1 Å². The molecule has 36 heavy (non-hydrogen) atoms. The minimum Gasteiger partial charge on any atom is -0.481 e. The second kappa shape index (κ2) is 11.4. The highest BCUT2D eigenvalue weighted by molar-refractivity contribution is 5.82. The van der Waals surface area contributed by atoms with Gasteiger partial charge < -0.3 is 15.0 Å². The largest absolute Gasteiger partial charge is 0.481 e. The van der Waals surface area contributed by atoms with Crippen LogP contribution in [0.1, 0.15) is 55.5 Å². The van der Waals surface area contributed by atoms with E-state index in [1.54, 1.807) is 19.2 Å². The molecule has 1 unspecified atom stereocenters. The lowest BCUT2D eigenvalue weighted by Gasteiger charge is -2.25. The number of aromatic nitrogens is 2. The summed E-state index contributed by atoms with van der Waals surface area (Å²) in [6, 6.07) is 8.86. The van der Waals surface area contributed by atoms with Gasteiger partial charge in [0.2, 0.25) is 5.91 Å².